The van der Waals surface area contributed by atoms with Gasteiger partial charge in [-0.25, -0.2) is 4.79 Å². The largest absolute Gasteiger partial charge is 0.463 e. The van der Waals surface area contributed by atoms with Crippen molar-refractivity contribution in [2.45, 2.75) is 58.7 Å². The van der Waals surface area contributed by atoms with Crippen LogP contribution in [0.5, 0.6) is 0 Å². The first kappa shape index (κ1) is 23.0. The van der Waals surface area contributed by atoms with E-state index in [1.807, 2.05) is 0 Å². The van der Waals surface area contributed by atoms with Gasteiger partial charge in [-0.15, -0.1) is 0 Å². The highest BCUT2D eigenvalue weighted by Gasteiger charge is 2.51. The van der Waals surface area contributed by atoms with Crippen molar-refractivity contribution < 1.29 is 38.1 Å². The lowest BCUT2D eigenvalue weighted by Crippen LogP contribution is -2.41. The number of ether oxygens (including phenoxy) is 4. The van der Waals surface area contributed by atoms with Crippen molar-refractivity contribution >= 4 is 23.7 Å². The van der Waals surface area contributed by atoms with Crippen LogP contribution in [0.3, 0.4) is 0 Å². The molecule has 30 heavy (non-hydrogen) atoms. The number of nitrogens with zero attached hydrogens (tertiary/aromatic N) is 1. The molecule has 0 radical (unpaired) electrons. The Balaban J connectivity index is 2.52. The fourth-order valence-electron chi connectivity index (χ4n) is 3.05. The van der Waals surface area contributed by atoms with Crippen LogP contribution in [0.4, 0.5) is 0 Å². The van der Waals surface area contributed by atoms with Crippen LogP contribution in [0.2, 0.25) is 0 Å². The van der Waals surface area contributed by atoms with E-state index in [9.17, 15) is 28.8 Å². The van der Waals surface area contributed by atoms with Crippen molar-refractivity contribution in [2.75, 3.05) is 6.61 Å². The number of carbonyl (C=O) groups is 4. The van der Waals surface area contributed by atoms with Crippen molar-refractivity contribution in [1.29, 1.82) is 0 Å². The minimum absolute atomic E-state index is 0.135. The summed E-state index contributed by atoms with van der Waals surface area (Å²) in [5.74, 6) is -2.43. The van der Waals surface area contributed by atoms with Crippen LogP contribution in [-0.2, 0) is 44.7 Å². The van der Waals surface area contributed by atoms with Crippen LogP contribution < -0.4 is 11.2 Å². The van der Waals surface area contributed by atoms with Gasteiger partial charge in [0.15, 0.2) is 12.2 Å². The van der Waals surface area contributed by atoms with Gasteiger partial charge in [-0.3, -0.25) is 33.5 Å². The first-order valence-electron chi connectivity index (χ1n) is 8.96. The van der Waals surface area contributed by atoms with Crippen LogP contribution in [0.15, 0.2) is 15.8 Å². The van der Waals surface area contributed by atoms with Gasteiger partial charge in [-0.2, -0.15) is 0 Å². The molecule has 0 saturated carbocycles. The number of H-pyrrole nitrogens is 1. The fourth-order valence-corrected chi connectivity index (χ4v) is 3.05. The van der Waals surface area contributed by atoms with Crippen LogP contribution in [0, 0.1) is 0 Å². The maximum atomic E-state index is 12.4. The monoisotopic (exact) mass is 426 g/mol. The molecule has 12 heteroatoms. The number of hydrogen-bond acceptors (Lipinski definition) is 10. The van der Waals surface area contributed by atoms with Gasteiger partial charge in [0, 0.05) is 27.0 Å². The molecular formula is C18H22N2O10. The number of aromatic nitrogens is 2. The molecule has 164 valence electrons. The quantitative estimate of drug-likeness (QED) is 0.423. The lowest BCUT2D eigenvalue weighted by Gasteiger charge is -2.23. The van der Waals surface area contributed by atoms with Gasteiger partial charge in [0.05, 0.1) is 12.1 Å². The molecule has 1 N–H and O–H groups in total. The van der Waals surface area contributed by atoms with Crippen LogP contribution in [0.25, 0.3) is 0 Å². The highest BCUT2D eigenvalue weighted by Crippen LogP contribution is 2.36. The molecule has 2 rings (SSSR count). The Morgan fingerprint density at radius 1 is 1.00 bits per heavy atom. The van der Waals surface area contributed by atoms with Gasteiger partial charge in [-0.05, 0) is 6.92 Å². The molecule has 1 aliphatic heterocycles. The lowest BCUT2D eigenvalue weighted by atomic mass is 10.0. The number of aromatic amines is 1. The zero-order valence-corrected chi connectivity index (χ0v) is 16.8. The number of nitrogens with one attached hydrogen (secondary N) is 1. The predicted molar refractivity (Wildman–Crippen MR) is 97.4 cm³/mol. The molecule has 1 fully saturated rings. The van der Waals surface area contributed by atoms with Crippen molar-refractivity contribution in [3.8, 4) is 0 Å². The Labute approximate surface area is 170 Å². The molecular weight excluding hydrogens is 404 g/mol. The van der Waals surface area contributed by atoms with Gasteiger partial charge in [0.2, 0.25) is 0 Å². The van der Waals surface area contributed by atoms with E-state index in [4.69, 9.17) is 18.9 Å². The summed E-state index contributed by atoms with van der Waals surface area (Å²) in [6.45, 7) is 4.02. The number of hydrogen-bond donors (Lipinski definition) is 1. The average Bonchev–Trinajstić information content (AvgIpc) is 2.91. The Hall–Kier alpha value is -3.28. The molecule has 0 spiro atoms. The third-order valence-corrected chi connectivity index (χ3v) is 4.10. The van der Waals surface area contributed by atoms with E-state index in [-0.39, 0.29) is 24.5 Å². The van der Waals surface area contributed by atoms with E-state index in [0.29, 0.717) is 0 Å². The Morgan fingerprint density at radius 2 is 1.60 bits per heavy atom. The van der Waals surface area contributed by atoms with Gasteiger partial charge < -0.3 is 18.9 Å². The molecule has 4 atom stereocenters. The summed E-state index contributed by atoms with van der Waals surface area (Å²) in [5.41, 5.74) is -1.78. The molecule has 0 bridgehead atoms. The van der Waals surface area contributed by atoms with Gasteiger partial charge in [0.25, 0.3) is 5.56 Å². The fraction of sp³-hybridized carbons (Fsp3) is 0.556. The van der Waals surface area contributed by atoms with Crippen molar-refractivity contribution in [3.63, 3.8) is 0 Å². The molecule has 1 aromatic heterocycles. The minimum Gasteiger partial charge on any atom is -0.463 e. The summed E-state index contributed by atoms with van der Waals surface area (Å²) in [6.07, 6.45) is -3.66. The van der Waals surface area contributed by atoms with Gasteiger partial charge in [-0.1, -0.05) is 0 Å². The average molecular weight is 426 g/mol. The van der Waals surface area contributed by atoms with E-state index in [1.54, 1.807) is 0 Å². The van der Waals surface area contributed by atoms with Gasteiger partial charge in [0.1, 0.15) is 24.6 Å². The van der Waals surface area contributed by atoms with Crippen LogP contribution in [0.1, 0.15) is 39.4 Å². The molecule has 1 aromatic rings. The molecule has 12 nitrogen and oxygen atoms in total. The Morgan fingerprint density at radius 3 is 2.13 bits per heavy atom. The number of esters is 3. The third kappa shape index (κ3) is 5.63. The summed E-state index contributed by atoms with van der Waals surface area (Å²) in [6, 6.07) is 0. The third-order valence-electron chi connectivity index (χ3n) is 4.10. The number of rotatable bonds is 7. The minimum atomic E-state index is -1.27. The van der Waals surface area contributed by atoms with Crippen molar-refractivity contribution in [1.82, 2.24) is 9.55 Å². The Bertz CT molecular complexity index is 962. The standard InChI is InChI=1S/C18H22N2O10/c1-8(21)5-20-6-12(17(25)19-18(20)26)14-16(29-11(4)24)15(28-10(3)23)13(30-14)7-27-9(2)22/h6,13-16H,5,7H2,1-4H3,(H,19,25,26)/t13-,14+,15?,16?/m1/s1. The maximum absolute atomic E-state index is 12.4. The number of carbonyl (C=O) groups excluding carboxylic acids is 4. The Kier molecular flexibility index (Phi) is 7.27. The van der Waals surface area contributed by atoms with Gasteiger partial charge >= 0.3 is 23.6 Å². The molecule has 1 aliphatic rings. The molecule has 0 amide bonds. The van der Waals surface area contributed by atoms with E-state index < -0.39 is 53.6 Å². The summed E-state index contributed by atoms with van der Waals surface area (Å²) in [7, 11) is 0. The van der Waals surface area contributed by atoms with Crippen molar-refractivity contribution in [3.05, 3.63) is 32.6 Å². The van der Waals surface area contributed by atoms with E-state index in [1.165, 1.54) is 13.8 Å². The first-order chi connectivity index (χ1) is 14.0. The van der Waals surface area contributed by atoms with E-state index in [0.717, 1.165) is 24.6 Å². The molecule has 1 saturated heterocycles. The number of Topliss-reactive ketones (excluding diaryl/α,β-unsaturated/α-hetero) is 1. The normalized spacial score (nSPS) is 22.9. The predicted octanol–water partition coefficient (Wildman–Crippen LogP) is -1.01. The molecule has 2 unspecified atom stereocenters. The second-order valence-corrected chi connectivity index (χ2v) is 6.72. The van der Waals surface area contributed by atoms with E-state index in [2.05, 4.69) is 4.98 Å². The summed E-state index contributed by atoms with van der Waals surface area (Å²) in [4.78, 5) is 72.3. The first-order valence-corrected chi connectivity index (χ1v) is 8.96. The summed E-state index contributed by atoms with van der Waals surface area (Å²) < 4.78 is 22.1. The second-order valence-electron chi connectivity index (χ2n) is 6.72. The highest BCUT2D eigenvalue weighted by molar-refractivity contribution is 5.75. The van der Waals surface area contributed by atoms with E-state index >= 15 is 0 Å². The smallest absolute Gasteiger partial charge is 0.328 e. The summed E-state index contributed by atoms with van der Waals surface area (Å²) in [5, 5.41) is 0. The summed E-state index contributed by atoms with van der Waals surface area (Å²) >= 11 is 0. The lowest BCUT2D eigenvalue weighted by molar-refractivity contribution is -0.165. The maximum Gasteiger partial charge on any atom is 0.328 e. The molecule has 0 aromatic carbocycles. The second kappa shape index (κ2) is 9.48. The number of ketones is 1. The topological polar surface area (TPSA) is 160 Å². The highest BCUT2D eigenvalue weighted by atomic mass is 16.6. The molecule has 2 heterocycles. The SMILES string of the molecule is CC(=O)Cn1cc([C@@H]2O[C@H](COC(C)=O)C(OC(C)=O)C2OC(C)=O)c(=O)[nH]c1=O. The molecule has 0 aliphatic carbocycles. The zero-order valence-electron chi connectivity index (χ0n) is 16.8. The van der Waals surface area contributed by atoms with Crippen LogP contribution in [-0.4, -0.2) is 58.2 Å². The van der Waals surface area contributed by atoms with Crippen LogP contribution >= 0.6 is 0 Å². The van der Waals surface area contributed by atoms with Crippen molar-refractivity contribution in [2.24, 2.45) is 0 Å². The zero-order chi connectivity index (χ0) is 22.6.